The fourth-order valence-electron chi connectivity index (χ4n) is 3.33. The van der Waals surface area contributed by atoms with Crippen LogP contribution in [0.2, 0.25) is 0 Å². The number of hydrogen-bond acceptors (Lipinski definition) is 5. The van der Waals surface area contributed by atoms with Crippen LogP contribution in [0.1, 0.15) is 24.1 Å². The molecule has 9 nitrogen and oxygen atoms in total. The molecule has 3 heterocycles. The molecule has 1 aromatic carbocycles. The summed E-state index contributed by atoms with van der Waals surface area (Å²) in [5, 5.41) is 9.86. The number of fused-ring (bicyclic) bond motifs is 1. The summed E-state index contributed by atoms with van der Waals surface area (Å²) in [6, 6.07) is 5.65. The van der Waals surface area contributed by atoms with Crippen molar-refractivity contribution in [3.05, 3.63) is 51.7 Å². The van der Waals surface area contributed by atoms with E-state index in [1.807, 2.05) is 0 Å². The molecule has 5 rings (SSSR count). The van der Waals surface area contributed by atoms with Crippen molar-refractivity contribution >= 4 is 30.1 Å². The quantitative estimate of drug-likeness (QED) is 0.626. The van der Waals surface area contributed by atoms with E-state index in [0.29, 0.717) is 22.8 Å². The lowest BCUT2D eigenvalue weighted by Crippen LogP contribution is -2.35. The van der Waals surface area contributed by atoms with Gasteiger partial charge in [-0.15, -0.1) is 13.2 Å². The van der Waals surface area contributed by atoms with Gasteiger partial charge in [-0.3, -0.25) is 9.98 Å². The number of amidine groups is 1. The Kier molecular flexibility index (Phi) is 4.57. The molecule has 3 aliphatic rings. The minimum Gasteiger partial charge on any atom is -0.493 e. The normalized spacial score (nSPS) is 22.8. The number of rotatable bonds is 4. The number of H-pyrrole nitrogens is 2. The van der Waals surface area contributed by atoms with Gasteiger partial charge in [0, 0.05) is 11.6 Å². The van der Waals surface area contributed by atoms with Crippen LogP contribution >= 0.6 is 0 Å². The molecule has 12 heteroatoms. The molecule has 0 amide bonds. The molecule has 0 saturated heterocycles. The Morgan fingerprint density at radius 1 is 1.28 bits per heavy atom. The predicted molar refractivity (Wildman–Crippen MR) is 110 cm³/mol. The lowest BCUT2D eigenvalue weighted by atomic mass is 10.1. The van der Waals surface area contributed by atoms with Crippen LogP contribution in [0.4, 0.5) is 13.2 Å². The number of aromatic amines is 2. The highest BCUT2D eigenvalue weighted by molar-refractivity contribution is 6.40. The Bertz CT molecular complexity index is 1290. The van der Waals surface area contributed by atoms with Crippen LogP contribution < -0.4 is 10.4 Å². The van der Waals surface area contributed by atoms with Crippen LogP contribution in [0.3, 0.4) is 0 Å². The molecule has 0 spiro atoms. The Hall–Kier alpha value is -3.96. The van der Waals surface area contributed by atoms with E-state index in [2.05, 4.69) is 29.7 Å². The van der Waals surface area contributed by atoms with Gasteiger partial charge >= 0.3 is 18.2 Å². The molecule has 3 N–H and O–H groups in total. The SMILES string of the molecule is O=c1[nH]c(O)c(/C=C2\C=NC3C(=NC4CC4)N=C(c4cccc(OC(F)(F)F)c4)C=[N+]23)[nH]1. The minimum absolute atomic E-state index is 0.142. The maximum absolute atomic E-state index is 12.6. The Morgan fingerprint density at radius 2 is 2.09 bits per heavy atom. The zero-order valence-corrected chi connectivity index (χ0v) is 16.3. The Balaban J connectivity index is 1.56. The molecule has 0 radical (unpaired) electrons. The molecule has 32 heavy (non-hydrogen) atoms. The topological polar surface area (TPSA) is 118 Å². The van der Waals surface area contributed by atoms with Crippen molar-refractivity contribution in [3.63, 3.8) is 0 Å². The van der Waals surface area contributed by atoms with E-state index in [0.717, 1.165) is 12.8 Å². The lowest BCUT2D eigenvalue weighted by Gasteiger charge is -2.14. The second kappa shape index (κ2) is 7.32. The van der Waals surface area contributed by atoms with Crippen LogP contribution in [0.25, 0.3) is 6.08 Å². The maximum Gasteiger partial charge on any atom is 0.573 e. The molecule has 2 aromatic rings. The number of ether oxygens (including phenoxy) is 1. The highest BCUT2D eigenvalue weighted by Gasteiger charge is 2.40. The average Bonchev–Trinajstić information content (AvgIpc) is 3.35. The van der Waals surface area contributed by atoms with Gasteiger partial charge in [0.1, 0.15) is 23.4 Å². The summed E-state index contributed by atoms with van der Waals surface area (Å²) in [7, 11) is 0. The molecule has 1 unspecified atom stereocenters. The number of benzene rings is 1. The lowest BCUT2D eigenvalue weighted by molar-refractivity contribution is -0.474. The van der Waals surface area contributed by atoms with Crippen molar-refractivity contribution < 1.29 is 27.6 Å². The summed E-state index contributed by atoms with van der Waals surface area (Å²) in [4.78, 5) is 29.7. The zero-order valence-electron chi connectivity index (χ0n) is 16.3. The summed E-state index contributed by atoms with van der Waals surface area (Å²) in [5.74, 6) is -0.259. The first-order valence-corrected chi connectivity index (χ1v) is 9.67. The van der Waals surface area contributed by atoms with E-state index in [-0.39, 0.29) is 23.4 Å². The van der Waals surface area contributed by atoms with Crippen LogP contribution in [-0.2, 0) is 0 Å². The second-order valence-corrected chi connectivity index (χ2v) is 7.39. The number of hydrogen-bond donors (Lipinski definition) is 3. The highest BCUT2D eigenvalue weighted by atomic mass is 19.4. The van der Waals surface area contributed by atoms with E-state index in [4.69, 9.17) is 0 Å². The highest BCUT2D eigenvalue weighted by Crippen LogP contribution is 2.28. The van der Waals surface area contributed by atoms with Gasteiger partial charge in [-0.2, -0.15) is 4.58 Å². The first-order chi connectivity index (χ1) is 15.2. The van der Waals surface area contributed by atoms with Crippen molar-refractivity contribution in [2.75, 3.05) is 0 Å². The molecule has 0 bridgehead atoms. The van der Waals surface area contributed by atoms with Crippen molar-refractivity contribution in [1.29, 1.82) is 0 Å². The van der Waals surface area contributed by atoms with E-state index >= 15 is 0 Å². The van der Waals surface area contributed by atoms with Crippen molar-refractivity contribution in [2.45, 2.75) is 31.4 Å². The minimum atomic E-state index is -4.81. The maximum atomic E-state index is 12.6. The molecular formula is C20H16F3N6O3+. The van der Waals surface area contributed by atoms with Crippen molar-refractivity contribution in [2.24, 2.45) is 15.0 Å². The second-order valence-electron chi connectivity index (χ2n) is 7.39. The molecular weight excluding hydrogens is 429 g/mol. The molecule has 1 saturated carbocycles. The molecule has 1 aliphatic carbocycles. The average molecular weight is 445 g/mol. The van der Waals surface area contributed by atoms with Gasteiger partial charge < -0.3 is 14.8 Å². The van der Waals surface area contributed by atoms with Crippen LogP contribution in [0.15, 0.2) is 49.7 Å². The van der Waals surface area contributed by atoms with Gasteiger partial charge in [0.05, 0.1) is 6.04 Å². The smallest absolute Gasteiger partial charge is 0.493 e. The van der Waals surface area contributed by atoms with Gasteiger partial charge in [-0.1, -0.05) is 12.1 Å². The van der Waals surface area contributed by atoms with Gasteiger partial charge in [0.2, 0.25) is 17.4 Å². The fourth-order valence-corrected chi connectivity index (χ4v) is 3.33. The number of nitrogens with one attached hydrogen (secondary N) is 2. The van der Waals surface area contributed by atoms with Crippen LogP contribution in [0, 0.1) is 0 Å². The van der Waals surface area contributed by atoms with Crippen LogP contribution in [0.5, 0.6) is 11.6 Å². The number of aromatic hydroxyl groups is 1. The number of imidazole rings is 1. The van der Waals surface area contributed by atoms with Gasteiger partial charge in [0.15, 0.2) is 6.21 Å². The summed E-state index contributed by atoms with van der Waals surface area (Å²) < 4.78 is 43.7. The summed E-state index contributed by atoms with van der Waals surface area (Å²) in [6.07, 6.45) is 1.21. The monoisotopic (exact) mass is 445 g/mol. The summed E-state index contributed by atoms with van der Waals surface area (Å²) in [5.41, 5.74) is 0.896. The molecule has 1 fully saturated rings. The third-order valence-corrected chi connectivity index (χ3v) is 4.89. The number of halogens is 3. The molecule has 2 aliphatic heterocycles. The van der Waals surface area contributed by atoms with Gasteiger partial charge in [0.25, 0.3) is 0 Å². The first-order valence-electron chi connectivity index (χ1n) is 9.67. The number of nitrogens with zero attached hydrogens (tertiary/aromatic N) is 4. The number of aromatic nitrogens is 2. The van der Waals surface area contributed by atoms with Crippen molar-refractivity contribution in [1.82, 2.24) is 9.97 Å². The third kappa shape index (κ3) is 4.11. The van der Waals surface area contributed by atoms with Gasteiger partial charge in [-0.05, 0) is 25.0 Å². The van der Waals surface area contributed by atoms with Crippen LogP contribution in [-0.4, -0.2) is 62.2 Å². The summed E-state index contributed by atoms with van der Waals surface area (Å²) in [6.45, 7) is 0. The van der Waals surface area contributed by atoms with Crippen molar-refractivity contribution in [3.8, 4) is 11.6 Å². The zero-order chi connectivity index (χ0) is 22.5. The van der Waals surface area contributed by atoms with E-state index in [9.17, 15) is 23.1 Å². The first kappa shape index (κ1) is 20.0. The predicted octanol–water partition coefficient (Wildman–Crippen LogP) is 2.21. The summed E-state index contributed by atoms with van der Waals surface area (Å²) >= 11 is 0. The third-order valence-electron chi connectivity index (χ3n) is 4.89. The fraction of sp³-hybridized carbons (Fsp3) is 0.250. The van der Waals surface area contributed by atoms with E-state index < -0.39 is 18.2 Å². The molecule has 1 aromatic heterocycles. The standard InChI is InChI=1S/C20H15F3N6O3/c21-20(22,23)32-13-3-1-2-10(6-13)15-9-29-12(7-14-18(30)28-19(31)27-14)8-24-17(29)16(26-15)25-11-4-5-11/h1-3,6-9,11,17H,4-5H2,(H2,25,26,28,30,31)/p+1/b12-7+. The van der Waals surface area contributed by atoms with E-state index in [1.54, 1.807) is 23.1 Å². The number of allylic oxidation sites excluding steroid dienone is 1. The number of alkyl halides is 3. The molecule has 1 atom stereocenters. The Labute approximate surface area is 178 Å². The van der Waals surface area contributed by atoms with Gasteiger partial charge in [-0.25, -0.2) is 14.8 Å². The van der Waals surface area contributed by atoms with E-state index in [1.165, 1.54) is 24.3 Å². The molecule has 164 valence electrons. The number of aliphatic imine (C=N–C) groups is 3. The largest absolute Gasteiger partial charge is 0.573 e. The Morgan fingerprint density at radius 3 is 2.78 bits per heavy atom.